The van der Waals surface area contributed by atoms with Crippen molar-refractivity contribution in [2.24, 2.45) is 5.73 Å². The van der Waals surface area contributed by atoms with Crippen LogP contribution in [-0.2, 0) is 30.8 Å². The van der Waals surface area contributed by atoms with E-state index in [9.17, 15) is 14.4 Å². The highest BCUT2D eigenvalue weighted by molar-refractivity contribution is 5.84. The molecular formula is C41H51N9O4. The van der Waals surface area contributed by atoms with Crippen molar-refractivity contribution in [1.82, 2.24) is 39.2 Å². The van der Waals surface area contributed by atoms with E-state index < -0.39 is 0 Å². The molecule has 0 spiro atoms. The minimum Gasteiger partial charge on any atom is -0.469 e. The number of carbonyl (C=O) groups is 1. The van der Waals surface area contributed by atoms with Gasteiger partial charge in [0.05, 0.1) is 34.5 Å². The predicted octanol–water partition coefficient (Wildman–Crippen LogP) is 2.99. The number of carbonyl (C=O) groups excluding carboxylic acids is 1. The Morgan fingerprint density at radius 2 is 1.28 bits per heavy atom. The Bertz CT molecular complexity index is 2220. The summed E-state index contributed by atoms with van der Waals surface area (Å²) in [6, 6.07) is 14.9. The highest BCUT2D eigenvalue weighted by Crippen LogP contribution is 2.22. The maximum atomic E-state index is 12.4. The minimum absolute atomic E-state index is 0.0261. The number of aromatic nitrogens is 5. The van der Waals surface area contributed by atoms with Crippen molar-refractivity contribution in [2.45, 2.75) is 77.7 Å². The van der Waals surface area contributed by atoms with Crippen LogP contribution < -0.4 is 26.9 Å². The van der Waals surface area contributed by atoms with Crippen molar-refractivity contribution in [3.05, 3.63) is 104 Å². The van der Waals surface area contributed by atoms with Crippen LogP contribution in [0.15, 0.2) is 70.6 Å². The number of likely N-dealkylation sites (tertiary alicyclic amines) is 2. The summed E-state index contributed by atoms with van der Waals surface area (Å²) < 4.78 is 9.06. The van der Waals surface area contributed by atoms with Crippen molar-refractivity contribution >= 4 is 27.9 Å². The molecule has 2 fully saturated rings. The standard InChI is InChI=1S/C25H29N5O3.C16H22N4O/c1-17-2-3-22-23(10-17)30(24(32)15-27-22)9-8-29-6-4-20(5-7-29)26-13-18-11-19-12-21(31)16-33-25(19)28-14-18;1-12-2-3-14-15(10-12)20(16(21)11-18-14)9-8-19-6-4-13(17)5-7-19/h2-3,10-11,14-15,20,26H,4-9,12-13,16H2,1H3;2-3,10-11,13H,4-9,17H2,1H3. The maximum absolute atomic E-state index is 12.4. The Balaban J connectivity index is 0.000000184. The Morgan fingerprint density at radius 1 is 0.722 bits per heavy atom. The summed E-state index contributed by atoms with van der Waals surface area (Å²) in [5, 5.41) is 3.63. The van der Waals surface area contributed by atoms with Crippen LogP contribution in [0.2, 0.25) is 0 Å². The van der Waals surface area contributed by atoms with Crippen molar-refractivity contribution in [3.63, 3.8) is 0 Å². The van der Waals surface area contributed by atoms with Gasteiger partial charge in [-0.05, 0) is 113 Å². The second-order valence-corrected chi connectivity index (χ2v) is 15.0. The zero-order valence-electron chi connectivity index (χ0n) is 31.4. The van der Waals surface area contributed by atoms with Gasteiger partial charge >= 0.3 is 0 Å². The van der Waals surface area contributed by atoms with E-state index >= 15 is 0 Å². The molecule has 54 heavy (non-hydrogen) atoms. The van der Waals surface area contributed by atoms with Crippen LogP contribution in [0.3, 0.4) is 0 Å². The Kier molecular flexibility index (Phi) is 11.9. The van der Waals surface area contributed by atoms with Crippen LogP contribution in [-0.4, -0.2) is 97.6 Å². The quantitative estimate of drug-likeness (QED) is 0.230. The number of aryl methyl sites for hydroxylation is 2. The summed E-state index contributed by atoms with van der Waals surface area (Å²) in [5.41, 5.74) is 13.7. The number of ketones is 1. The fourth-order valence-electron chi connectivity index (χ4n) is 7.60. The SMILES string of the molecule is Cc1ccc2ncc(=O)n(CCN3CCC(N)CC3)c2c1.Cc1ccc2ncc(=O)n(CCN3CCC(NCc4cnc5c(c4)CC(=O)CO5)CC3)c2c1. The van der Waals surface area contributed by atoms with Crippen molar-refractivity contribution in [2.75, 3.05) is 45.9 Å². The van der Waals surface area contributed by atoms with E-state index in [2.05, 4.69) is 30.1 Å². The highest BCUT2D eigenvalue weighted by atomic mass is 16.5. The van der Waals surface area contributed by atoms with Crippen molar-refractivity contribution in [1.29, 1.82) is 0 Å². The summed E-state index contributed by atoms with van der Waals surface area (Å²) in [6.07, 6.45) is 9.29. The number of nitrogens with zero attached hydrogens (tertiary/aromatic N) is 7. The molecule has 2 saturated heterocycles. The number of ether oxygens (including phenoxy) is 1. The third-order valence-electron chi connectivity index (χ3n) is 10.8. The number of piperidine rings is 2. The minimum atomic E-state index is -0.0459. The third-order valence-corrected chi connectivity index (χ3v) is 10.8. The molecule has 13 heteroatoms. The molecular weight excluding hydrogens is 683 g/mol. The van der Waals surface area contributed by atoms with Gasteiger partial charge in [0.1, 0.15) is 6.61 Å². The van der Waals surface area contributed by atoms with E-state index in [0.717, 1.165) is 116 Å². The topological polar surface area (TPSA) is 154 Å². The van der Waals surface area contributed by atoms with E-state index in [4.69, 9.17) is 10.5 Å². The Labute approximate surface area is 315 Å². The Morgan fingerprint density at radius 3 is 1.85 bits per heavy atom. The van der Waals surface area contributed by atoms with Gasteiger partial charge in [0, 0.05) is 63.0 Å². The molecule has 3 aromatic heterocycles. The molecule has 5 aromatic rings. The number of benzene rings is 2. The first-order chi connectivity index (χ1) is 26.2. The second kappa shape index (κ2) is 17.1. The smallest absolute Gasteiger partial charge is 0.269 e. The van der Waals surface area contributed by atoms with E-state index in [1.165, 1.54) is 12.4 Å². The summed E-state index contributed by atoms with van der Waals surface area (Å²) in [4.78, 5) is 53.9. The molecule has 0 radical (unpaired) electrons. The molecule has 284 valence electrons. The van der Waals surface area contributed by atoms with Gasteiger partial charge in [-0.3, -0.25) is 14.4 Å². The monoisotopic (exact) mass is 733 g/mol. The first-order valence-electron chi connectivity index (χ1n) is 19.2. The zero-order valence-corrected chi connectivity index (χ0v) is 31.4. The number of rotatable bonds is 9. The lowest BCUT2D eigenvalue weighted by molar-refractivity contribution is -0.121. The number of pyridine rings is 1. The van der Waals surface area contributed by atoms with Gasteiger partial charge in [-0.2, -0.15) is 0 Å². The molecule has 6 heterocycles. The average Bonchev–Trinajstić information content (AvgIpc) is 3.17. The summed E-state index contributed by atoms with van der Waals surface area (Å²) in [5.74, 6) is 0.682. The van der Waals surface area contributed by atoms with E-state index in [1.54, 1.807) is 0 Å². The number of hydrogen-bond acceptors (Lipinski definition) is 11. The van der Waals surface area contributed by atoms with Gasteiger partial charge in [-0.15, -0.1) is 0 Å². The summed E-state index contributed by atoms with van der Waals surface area (Å²) >= 11 is 0. The number of hydrogen-bond donors (Lipinski definition) is 2. The summed E-state index contributed by atoms with van der Waals surface area (Å²) in [7, 11) is 0. The molecule has 3 aliphatic rings. The molecule has 3 aliphatic heterocycles. The molecule has 0 saturated carbocycles. The first kappa shape index (κ1) is 37.5. The molecule has 13 nitrogen and oxygen atoms in total. The number of nitrogens with one attached hydrogen (secondary N) is 1. The van der Waals surface area contributed by atoms with Gasteiger partial charge in [0.25, 0.3) is 11.1 Å². The van der Waals surface area contributed by atoms with Crippen LogP contribution in [0.4, 0.5) is 0 Å². The lowest BCUT2D eigenvalue weighted by Gasteiger charge is -2.32. The lowest BCUT2D eigenvalue weighted by Crippen LogP contribution is -2.43. The van der Waals surface area contributed by atoms with Crippen LogP contribution in [0.25, 0.3) is 22.1 Å². The predicted molar refractivity (Wildman–Crippen MR) is 210 cm³/mol. The van der Waals surface area contributed by atoms with E-state index in [0.29, 0.717) is 37.5 Å². The van der Waals surface area contributed by atoms with Crippen molar-refractivity contribution in [3.8, 4) is 5.88 Å². The molecule has 0 aliphatic carbocycles. The fraction of sp³-hybridized carbons (Fsp3) is 0.463. The average molecular weight is 734 g/mol. The van der Waals surface area contributed by atoms with E-state index in [1.807, 2.05) is 71.6 Å². The molecule has 0 unspecified atom stereocenters. The molecule has 2 aromatic carbocycles. The lowest BCUT2D eigenvalue weighted by atomic mass is 10.0. The number of Topliss-reactive ketones (excluding diaryl/α,β-unsaturated/α-hetero) is 1. The molecule has 0 amide bonds. The van der Waals surface area contributed by atoms with Gasteiger partial charge in [-0.25, -0.2) is 15.0 Å². The molecule has 8 rings (SSSR count). The van der Waals surface area contributed by atoms with Gasteiger partial charge in [0.15, 0.2) is 5.78 Å². The fourth-order valence-corrected chi connectivity index (χ4v) is 7.60. The van der Waals surface area contributed by atoms with Gasteiger partial charge < -0.3 is 34.7 Å². The number of nitrogens with two attached hydrogens (primary N) is 1. The molecule has 3 N–H and O–H groups in total. The molecule has 0 atom stereocenters. The zero-order chi connectivity index (χ0) is 37.6. The highest BCUT2D eigenvalue weighted by Gasteiger charge is 2.21. The first-order valence-corrected chi connectivity index (χ1v) is 19.2. The largest absolute Gasteiger partial charge is 0.469 e. The normalized spacial score (nSPS) is 17.3. The number of fused-ring (bicyclic) bond motifs is 3. The van der Waals surface area contributed by atoms with Gasteiger partial charge in [-0.1, -0.05) is 12.1 Å². The molecule has 0 bridgehead atoms. The third kappa shape index (κ3) is 9.27. The maximum Gasteiger partial charge on any atom is 0.269 e. The van der Waals surface area contributed by atoms with Crippen molar-refractivity contribution < 1.29 is 9.53 Å². The van der Waals surface area contributed by atoms with Crippen LogP contribution in [0, 0.1) is 13.8 Å². The van der Waals surface area contributed by atoms with Crippen LogP contribution >= 0.6 is 0 Å². The van der Waals surface area contributed by atoms with Gasteiger partial charge in [0.2, 0.25) is 5.88 Å². The Hall–Kier alpha value is -4.82. The van der Waals surface area contributed by atoms with E-state index in [-0.39, 0.29) is 23.5 Å². The summed E-state index contributed by atoms with van der Waals surface area (Å²) in [6.45, 7) is 12.1. The van der Waals surface area contributed by atoms with Crippen LogP contribution in [0.5, 0.6) is 5.88 Å². The second-order valence-electron chi connectivity index (χ2n) is 15.0. The van der Waals surface area contributed by atoms with Crippen LogP contribution in [0.1, 0.15) is 47.9 Å².